The molecule has 0 saturated heterocycles. The minimum absolute atomic E-state index is 0.271. The Balaban J connectivity index is 2.02. The van der Waals surface area contributed by atoms with Gasteiger partial charge in [0.05, 0.1) is 0 Å². The average Bonchev–Trinajstić information content (AvgIpc) is 2.95. The largest absolute Gasteiger partial charge is 0.332 e. The summed E-state index contributed by atoms with van der Waals surface area (Å²) in [4.78, 5) is 34.1. The highest BCUT2D eigenvalue weighted by Gasteiger charge is 2.18. The number of hydrogen-bond donors (Lipinski definition) is 0. The van der Waals surface area contributed by atoms with Gasteiger partial charge in [-0.05, 0) is 24.0 Å². The molecule has 0 saturated carbocycles. The van der Waals surface area contributed by atoms with E-state index in [4.69, 9.17) is 0 Å². The van der Waals surface area contributed by atoms with E-state index in [2.05, 4.69) is 23.8 Å². The van der Waals surface area contributed by atoms with Crippen LogP contribution in [0.25, 0.3) is 11.2 Å². The number of hydrogen-bond acceptors (Lipinski definition) is 5. The minimum atomic E-state index is -0.315. The van der Waals surface area contributed by atoms with Crippen LogP contribution in [-0.4, -0.2) is 23.7 Å². The summed E-state index contributed by atoms with van der Waals surface area (Å²) in [6.45, 7) is 4.57. The Morgan fingerprint density at radius 1 is 1.19 bits per heavy atom. The van der Waals surface area contributed by atoms with Crippen LogP contribution >= 0.6 is 11.8 Å². The fourth-order valence-electron chi connectivity index (χ4n) is 2.77. The topological polar surface area (TPSA) is 74.7 Å². The van der Waals surface area contributed by atoms with Crippen LogP contribution in [0.4, 0.5) is 0 Å². The second kappa shape index (κ2) is 7.49. The quantitative estimate of drug-likeness (QED) is 0.619. The number of thioether (sulfide) groups is 1. The van der Waals surface area contributed by atoms with Crippen LogP contribution < -0.4 is 11.2 Å². The fourth-order valence-corrected chi connectivity index (χ4v) is 3.67. The maximum atomic E-state index is 12.9. The van der Waals surface area contributed by atoms with Crippen molar-refractivity contribution < 1.29 is 0 Å². The fraction of sp³-hybridized carbons (Fsp3) is 0.444. The van der Waals surface area contributed by atoms with E-state index in [1.807, 2.05) is 25.4 Å². The molecule has 0 aliphatic rings. The smallest absolute Gasteiger partial charge is 0.316 e. The summed E-state index contributed by atoms with van der Waals surface area (Å²) in [6, 6.07) is 3.89. The molecule has 0 spiro atoms. The summed E-state index contributed by atoms with van der Waals surface area (Å²) in [7, 11) is 3.48. The molecule has 0 radical (unpaired) electrons. The van der Waals surface area contributed by atoms with Gasteiger partial charge in [-0.1, -0.05) is 31.7 Å². The van der Waals surface area contributed by atoms with Crippen molar-refractivity contribution in [1.29, 1.82) is 0 Å². The van der Waals surface area contributed by atoms with Crippen LogP contribution in [0.3, 0.4) is 0 Å². The molecule has 0 aliphatic heterocycles. The van der Waals surface area contributed by atoms with E-state index in [1.165, 1.54) is 20.9 Å². The van der Waals surface area contributed by atoms with E-state index in [0.717, 1.165) is 12.0 Å². The number of nitrogens with zero attached hydrogens (tertiary/aromatic N) is 5. The second-order valence-electron chi connectivity index (χ2n) is 6.76. The van der Waals surface area contributed by atoms with Gasteiger partial charge in [0.2, 0.25) is 0 Å². The molecule has 0 amide bonds. The van der Waals surface area contributed by atoms with Crippen molar-refractivity contribution in [2.24, 2.45) is 20.0 Å². The molecule has 7 nitrogen and oxygen atoms in total. The first kappa shape index (κ1) is 18.4. The number of rotatable bonds is 6. The van der Waals surface area contributed by atoms with Gasteiger partial charge in [-0.3, -0.25) is 18.9 Å². The van der Waals surface area contributed by atoms with E-state index >= 15 is 0 Å². The number of aromatic nitrogens is 5. The molecule has 0 aliphatic carbocycles. The SMILES string of the molecule is CC(C)CCn1c(=O)c2c(nc(SCc3cccnc3)n2C)n(C)c1=O. The van der Waals surface area contributed by atoms with E-state index in [1.54, 1.807) is 17.8 Å². The van der Waals surface area contributed by atoms with Gasteiger partial charge in [-0.15, -0.1) is 0 Å². The van der Waals surface area contributed by atoms with Gasteiger partial charge in [-0.2, -0.15) is 0 Å². The molecule has 3 aromatic heterocycles. The summed E-state index contributed by atoms with van der Waals surface area (Å²) < 4.78 is 4.56. The van der Waals surface area contributed by atoms with E-state index in [-0.39, 0.29) is 11.2 Å². The van der Waals surface area contributed by atoms with Crippen LogP contribution in [0.5, 0.6) is 0 Å². The summed E-state index contributed by atoms with van der Waals surface area (Å²) in [5, 5.41) is 0.706. The van der Waals surface area contributed by atoms with Crippen molar-refractivity contribution in [1.82, 2.24) is 23.7 Å². The molecule has 0 unspecified atom stereocenters. The number of imidazole rings is 1. The first-order valence-electron chi connectivity index (χ1n) is 8.58. The van der Waals surface area contributed by atoms with Crippen molar-refractivity contribution in [2.45, 2.75) is 37.7 Å². The van der Waals surface area contributed by atoms with Crippen molar-refractivity contribution in [2.75, 3.05) is 0 Å². The van der Waals surface area contributed by atoms with Gasteiger partial charge in [0.15, 0.2) is 16.3 Å². The highest BCUT2D eigenvalue weighted by atomic mass is 32.2. The van der Waals surface area contributed by atoms with Gasteiger partial charge in [0.25, 0.3) is 5.56 Å². The summed E-state index contributed by atoms with van der Waals surface area (Å²) >= 11 is 1.52. The minimum Gasteiger partial charge on any atom is -0.316 e. The van der Waals surface area contributed by atoms with Crippen LogP contribution in [-0.2, 0) is 26.4 Å². The Kier molecular flexibility index (Phi) is 5.31. The Hall–Kier alpha value is -2.35. The lowest BCUT2D eigenvalue weighted by molar-refractivity contribution is 0.488. The molecule has 8 heteroatoms. The average molecular weight is 373 g/mol. The number of aryl methyl sites for hydroxylation is 2. The maximum Gasteiger partial charge on any atom is 0.332 e. The third kappa shape index (κ3) is 3.46. The molecule has 0 fully saturated rings. The van der Waals surface area contributed by atoms with Gasteiger partial charge < -0.3 is 4.57 Å². The molecule has 3 heterocycles. The number of pyridine rings is 1. The monoisotopic (exact) mass is 373 g/mol. The third-order valence-corrected chi connectivity index (χ3v) is 5.44. The summed E-state index contributed by atoms with van der Waals surface area (Å²) in [6.07, 6.45) is 4.32. The molecule has 3 rings (SSSR count). The van der Waals surface area contributed by atoms with E-state index < -0.39 is 0 Å². The first-order chi connectivity index (χ1) is 12.4. The zero-order valence-electron chi connectivity index (χ0n) is 15.5. The number of fused-ring (bicyclic) bond motifs is 1. The Morgan fingerprint density at radius 3 is 2.62 bits per heavy atom. The normalized spacial score (nSPS) is 11.6. The predicted molar refractivity (Wildman–Crippen MR) is 103 cm³/mol. The lowest BCUT2D eigenvalue weighted by atomic mass is 10.1. The molecular formula is C18H23N5O2S. The Bertz CT molecular complexity index is 1030. The predicted octanol–water partition coefficient (Wildman–Crippen LogP) is 2.17. The zero-order valence-corrected chi connectivity index (χ0v) is 16.3. The van der Waals surface area contributed by atoms with Gasteiger partial charge in [-0.25, -0.2) is 9.78 Å². The summed E-state index contributed by atoms with van der Waals surface area (Å²) in [5.41, 5.74) is 1.38. The maximum absolute atomic E-state index is 12.9. The first-order valence-corrected chi connectivity index (χ1v) is 9.56. The van der Waals surface area contributed by atoms with Crippen molar-refractivity contribution in [3.63, 3.8) is 0 Å². The van der Waals surface area contributed by atoms with Crippen molar-refractivity contribution in [3.8, 4) is 0 Å². The van der Waals surface area contributed by atoms with Crippen LogP contribution in [0.1, 0.15) is 25.8 Å². The molecule has 0 atom stereocenters. The van der Waals surface area contributed by atoms with E-state index in [0.29, 0.717) is 34.5 Å². The highest BCUT2D eigenvalue weighted by molar-refractivity contribution is 7.98. The van der Waals surface area contributed by atoms with Gasteiger partial charge in [0.1, 0.15) is 0 Å². The van der Waals surface area contributed by atoms with E-state index in [9.17, 15) is 9.59 Å². The zero-order chi connectivity index (χ0) is 18.8. The van der Waals surface area contributed by atoms with Crippen LogP contribution in [0.2, 0.25) is 0 Å². The third-order valence-electron chi connectivity index (χ3n) is 4.34. The van der Waals surface area contributed by atoms with Crippen LogP contribution in [0, 0.1) is 5.92 Å². The molecule has 138 valence electrons. The molecule has 26 heavy (non-hydrogen) atoms. The standard InChI is InChI=1S/C18H23N5O2S/c1-12(2)7-9-23-16(24)14-15(22(4)18(23)25)20-17(21(14)3)26-11-13-6-5-8-19-10-13/h5-6,8,10,12H,7,9,11H2,1-4H3. The molecular weight excluding hydrogens is 350 g/mol. The lowest BCUT2D eigenvalue weighted by Crippen LogP contribution is -2.39. The Morgan fingerprint density at radius 2 is 1.96 bits per heavy atom. The second-order valence-corrected chi connectivity index (χ2v) is 7.70. The van der Waals surface area contributed by atoms with Gasteiger partial charge >= 0.3 is 5.69 Å². The molecule has 0 bridgehead atoms. The van der Waals surface area contributed by atoms with Crippen LogP contribution in [0.15, 0.2) is 39.3 Å². The highest BCUT2D eigenvalue weighted by Crippen LogP contribution is 2.23. The molecule has 3 aromatic rings. The lowest BCUT2D eigenvalue weighted by Gasteiger charge is -2.09. The molecule has 0 aromatic carbocycles. The van der Waals surface area contributed by atoms with Gasteiger partial charge in [0, 0.05) is 38.8 Å². The Labute approximate surface area is 155 Å². The molecule has 0 N–H and O–H groups in total. The van der Waals surface area contributed by atoms with Crippen molar-refractivity contribution in [3.05, 3.63) is 50.9 Å². The van der Waals surface area contributed by atoms with Crippen molar-refractivity contribution >= 4 is 22.9 Å². The summed E-state index contributed by atoms with van der Waals surface area (Å²) in [5.74, 6) is 1.11.